The predicted octanol–water partition coefficient (Wildman–Crippen LogP) is 13.9. The smallest absolute Gasteiger partial charge is 0.333 e. The van der Waals surface area contributed by atoms with Crippen molar-refractivity contribution in [2.75, 3.05) is 9.71 Å². The minimum Gasteiger partial charge on any atom is -0.376 e. The first-order valence-corrected chi connectivity index (χ1v) is 21.5. The summed E-state index contributed by atoms with van der Waals surface area (Å²) in [5.41, 5.74) is 25.3. The van der Waals surface area contributed by atoms with E-state index >= 15 is 0 Å². The fourth-order valence-corrected chi connectivity index (χ4v) is 10.7. The van der Waals surface area contributed by atoms with Crippen LogP contribution in [0.3, 0.4) is 0 Å². The third kappa shape index (κ3) is 5.34. The number of para-hydroxylation sites is 2. The lowest BCUT2D eigenvalue weighted by Crippen LogP contribution is -2.63. The van der Waals surface area contributed by atoms with Gasteiger partial charge in [-0.2, -0.15) is 0 Å². The van der Waals surface area contributed by atoms with Crippen LogP contribution in [0.5, 0.6) is 0 Å². The molecule has 0 radical (unpaired) electrons. The van der Waals surface area contributed by atoms with Gasteiger partial charge in [-0.15, -0.1) is 0 Å². The van der Waals surface area contributed by atoms with E-state index in [-0.39, 0.29) is 17.7 Å². The van der Waals surface area contributed by atoms with Crippen molar-refractivity contribution in [3.05, 3.63) is 198 Å². The monoisotopic (exact) mass is 772 g/mol. The van der Waals surface area contributed by atoms with Crippen molar-refractivity contribution >= 4 is 46.2 Å². The van der Waals surface area contributed by atoms with Crippen LogP contribution in [0.2, 0.25) is 0 Å². The van der Waals surface area contributed by atoms with Crippen LogP contribution in [0, 0.1) is 13.8 Å². The standard InChI is InChI=1S/C57H49BN2/c1-36-18-16-19-37(2)53(36)41-32-45-43-24-17-26-47-55(43)60(50-27-15-14-25-46(50)57(47,6)7)58-48-30-28-40(38-20-10-8-11-21-38)33-51(48)59(52(34-41)54(45)58)49-31-29-42(56(3,4)5)35-44(49)39-22-12-9-13-23-39/h8-35H,1-7H3. The van der Waals surface area contributed by atoms with E-state index in [0.717, 1.165) is 0 Å². The number of hydrogen-bond donors (Lipinski definition) is 0. The molecule has 290 valence electrons. The Hall–Kier alpha value is -6.58. The minimum absolute atomic E-state index is 0.0221. The highest BCUT2D eigenvalue weighted by atomic mass is 15.2. The molecule has 0 atom stereocenters. The van der Waals surface area contributed by atoms with Gasteiger partial charge < -0.3 is 9.71 Å². The Labute approximate surface area is 355 Å². The van der Waals surface area contributed by atoms with Crippen LogP contribution in [-0.4, -0.2) is 6.85 Å². The lowest BCUT2D eigenvalue weighted by molar-refractivity contribution is 0.590. The average Bonchev–Trinajstić information content (AvgIpc) is 3.26. The summed E-state index contributed by atoms with van der Waals surface area (Å²) in [6.07, 6.45) is 0. The van der Waals surface area contributed by atoms with Gasteiger partial charge in [-0.05, 0) is 128 Å². The summed E-state index contributed by atoms with van der Waals surface area (Å²) in [6, 6.07) is 64.3. The fraction of sp³-hybridized carbons (Fsp3) is 0.158. The van der Waals surface area contributed by atoms with Crippen molar-refractivity contribution in [3.63, 3.8) is 0 Å². The van der Waals surface area contributed by atoms with E-state index in [4.69, 9.17) is 0 Å². The van der Waals surface area contributed by atoms with Gasteiger partial charge in [0.15, 0.2) is 0 Å². The summed E-state index contributed by atoms with van der Waals surface area (Å²) in [5, 5.41) is 0. The van der Waals surface area contributed by atoms with Crippen LogP contribution >= 0.6 is 0 Å². The Morgan fingerprint density at radius 1 is 0.467 bits per heavy atom. The number of fused-ring (bicyclic) bond motifs is 6. The van der Waals surface area contributed by atoms with Gasteiger partial charge in [0.2, 0.25) is 0 Å². The molecule has 3 heterocycles. The van der Waals surface area contributed by atoms with E-state index < -0.39 is 0 Å². The summed E-state index contributed by atoms with van der Waals surface area (Å²) in [6.45, 7) is 16.2. The van der Waals surface area contributed by atoms with Crippen LogP contribution < -0.4 is 20.6 Å². The number of nitrogens with zero attached hydrogens (tertiary/aromatic N) is 2. The molecule has 3 aliphatic heterocycles. The van der Waals surface area contributed by atoms with Gasteiger partial charge in [0.25, 0.3) is 0 Å². The minimum atomic E-state index is -0.178. The van der Waals surface area contributed by atoms with E-state index in [0.29, 0.717) is 0 Å². The maximum absolute atomic E-state index is 2.70. The van der Waals surface area contributed by atoms with E-state index in [1.807, 2.05) is 0 Å². The largest absolute Gasteiger partial charge is 0.376 e. The topological polar surface area (TPSA) is 6.48 Å². The Kier molecular flexibility index (Phi) is 8.04. The van der Waals surface area contributed by atoms with Crippen molar-refractivity contribution in [2.24, 2.45) is 0 Å². The van der Waals surface area contributed by atoms with Gasteiger partial charge in [0.1, 0.15) is 0 Å². The van der Waals surface area contributed by atoms with Crippen LogP contribution in [-0.2, 0) is 10.8 Å². The molecular formula is C57H49BN2. The SMILES string of the molecule is Cc1cccc(C)c1-c1cc2c3c(c1)N(c1ccc(C(C)(C)C)cc1-c1ccccc1)c1cc(-c4ccccc4)ccc1B3N1c3ccccc3C(C)(C)c3cccc-2c31. The lowest BCUT2D eigenvalue weighted by Gasteiger charge is -2.51. The Morgan fingerprint density at radius 3 is 1.85 bits per heavy atom. The maximum Gasteiger partial charge on any atom is 0.333 e. The molecule has 0 aliphatic carbocycles. The molecule has 3 aliphatic rings. The van der Waals surface area contributed by atoms with Crippen LogP contribution in [0.15, 0.2) is 170 Å². The highest BCUT2D eigenvalue weighted by molar-refractivity contribution is 6.93. The zero-order valence-electron chi connectivity index (χ0n) is 35.6. The summed E-state index contributed by atoms with van der Waals surface area (Å²) in [4.78, 5) is 5.33. The van der Waals surface area contributed by atoms with Crippen molar-refractivity contribution < 1.29 is 0 Å². The van der Waals surface area contributed by atoms with Crippen molar-refractivity contribution in [1.29, 1.82) is 0 Å². The maximum atomic E-state index is 2.70. The second kappa shape index (κ2) is 13.2. The number of rotatable bonds is 4. The number of benzene rings is 8. The van der Waals surface area contributed by atoms with E-state index in [2.05, 4.69) is 228 Å². The number of aryl methyl sites for hydroxylation is 2. The second-order valence-electron chi connectivity index (χ2n) is 18.7. The summed E-state index contributed by atoms with van der Waals surface area (Å²) in [7, 11) is 0. The molecule has 0 bridgehead atoms. The molecule has 3 heteroatoms. The first-order chi connectivity index (χ1) is 29.0. The normalized spacial score (nSPS) is 14.3. The molecule has 0 unspecified atom stereocenters. The Morgan fingerprint density at radius 2 is 1.12 bits per heavy atom. The van der Waals surface area contributed by atoms with Crippen molar-refractivity contribution in [1.82, 2.24) is 0 Å². The molecule has 8 aromatic rings. The van der Waals surface area contributed by atoms with Crippen LogP contribution in [0.4, 0.5) is 28.4 Å². The average molecular weight is 773 g/mol. The first-order valence-electron chi connectivity index (χ1n) is 21.5. The Bertz CT molecular complexity index is 3010. The molecule has 0 aromatic heterocycles. The van der Waals surface area contributed by atoms with Gasteiger partial charge >= 0.3 is 6.85 Å². The van der Waals surface area contributed by atoms with E-state index in [1.165, 1.54) is 112 Å². The zero-order chi connectivity index (χ0) is 41.1. The van der Waals surface area contributed by atoms with Gasteiger partial charge in [-0.3, -0.25) is 0 Å². The zero-order valence-corrected chi connectivity index (χ0v) is 35.6. The summed E-state index contributed by atoms with van der Waals surface area (Å²) < 4.78 is 0. The molecule has 2 nitrogen and oxygen atoms in total. The quantitative estimate of drug-likeness (QED) is 0.164. The molecule has 11 rings (SSSR count). The van der Waals surface area contributed by atoms with Gasteiger partial charge in [-0.1, -0.05) is 168 Å². The van der Waals surface area contributed by atoms with Gasteiger partial charge in [-0.25, -0.2) is 0 Å². The Balaban J connectivity index is 1.31. The summed E-state index contributed by atoms with van der Waals surface area (Å²) >= 11 is 0. The van der Waals surface area contributed by atoms with E-state index in [9.17, 15) is 0 Å². The second-order valence-corrected chi connectivity index (χ2v) is 18.7. The number of anilines is 5. The van der Waals surface area contributed by atoms with E-state index in [1.54, 1.807) is 0 Å². The highest BCUT2D eigenvalue weighted by Crippen LogP contribution is 2.57. The third-order valence-electron chi connectivity index (χ3n) is 13.6. The molecule has 0 spiro atoms. The molecule has 0 amide bonds. The molecule has 0 saturated carbocycles. The summed E-state index contributed by atoms with van der Waals surface area (Å²) in [5.74, 6) is 0. The third-order valence-corrected chi connectivity index (χ3v) is 13.6. The molecule has 0 fully saturated rings. The van der Waals surface area contributed by atoms with Crippen LogP contribution in [0.25, 0.3) is 44.5 Å². The predicted molar refractivity (Wildman–Crippen MR) is 257 cm³/mol. The van der Waals surface area contributed by atoms with Gasteiger partial charge in [0, 0.05) is 39.3 Å². The van der Waals surface area contributed by atoms with Crippen LogP contribution in [0.1, 0.15) is 62.4 Å². The fourth-order valence-electron chi connectivity index (χ4n) is 10.7. The number of hydrogen-bond acceptors (Lipinski definition) is 2. The molecule has 0 N–H and O–H groups in total. The molecule has 8 aromatic carbocycles. The van der Waals surface area contributed by atoms with Crippen molar-refractivity contribution in [2.45, 2.75) is 59.3 Å². The molecule has 0 saturated heterocycles. The van der Waals surface area contributed by atoms with Gasteiger partial charge in [0.05, 0.1) is 5.69 Å². The highest BCUT2D eigenvalue weighted by Gasteiger charge is 2.50. The van der Waals surface area contributed by atoms with Crippen molar-refractivity contribution in [3.8, 4) is 44.5 Å². The molecule has 60 heavy (non-hydrogen) atoms. The molecular weight excluding hydrogens is 723 g/mol. The lowest BCUT2D eigenvalue weighted by atomic mass is 9.42. The first kappa shape index (κ1) is 36.5.